The second-order valence-corrected chi connectivity index (χ2v) is 10.5. The monoisotopic (exact) mass is 478 g/mol. The number of carbonyl (C=O) groups excluding carboxylic acids is 1. The van der Waals surface area contributed by atoms with Crippen molar-refractivity contribution in [2.75, 3.05) is 6.61 Å². The molecule has 1 saturated carbocycles. The van der Waals surface area contributed by atoms with Crippen molar-refractivity contribution in [3.8, 4) is 0 Å². The van der Waals surface area contributed by atoms with Crippen LogP contribution in [-0.2, 0) is 27.4 Å². The summed E-state index contributed by atoms with van der Waals surface area (Å²) in [6.07, 6.45) is 3.51. The number of hydrogen-bond acceptors (Lipinski definition) is 4. The van der Waals surface area contributed by atoms with Gasteiger partial charge in [0.1, 0.15) is 6.04 Å². The van der Waals surface area contributed by atoms with Gasteiger partial charge in [0.15, 0.2) is 0 Å². The summed E-state index contributed by atoms with van der Waals surface area (Å²) in [5.74, 6) is -1.70. The standard InChI is InChI=1S/C28H34N2O5/c1-27(2)22(13-14-28(27,3)18-35-34)25(31)29-23(26(32)33)15-20-17-30(16-19-9-5-4-6-10-19)24-12-8-7-11-21(20)24/h4-12,17,22-23,34H,13-16,18H2,1-3H3,(H,29,31)(H,32,33)/t22-,23+,28+/m1/s1. The van der Waals surface area contributed by atoms with Crippen molar-refractivity contribution in [1.29, 1.82) is 0 Å². The molecule has 1 heterocycles. The highest BCUT2D eigenvalue weighted by Gasteiger charge is 2.54. The fourth-order valence-corrected chi connectivity index (χ4v) is 5.51. The summed E-state index contributed by atoms with van der Waals surface area (Å²) in [4.78, 5) is 29.9. The second kappa shape index (κ2) is 9.84. The number of aliphatic carboxylic acids is 1. The summed E-state index contributed by atoms with van der Waals surface area (Å²) in [5.41, 5.74) is 2.22. The molecule has 0 spiro atoms. The molecule has 1 aliphatic rings. The van der Waals surface area contributed by atoms with Gasteiger partial charge in [0.25, 0.3) is 0 Å². The molecular weight excluding hydrogens is 444 g/mol. The van der Waals surface area contributed by atoms with Gasteiger partial charge in [-0.3, -0.25) is 10.1 Å². The number of para-hydroxylation sites is 1. The topological polar surface area (TPSA) is 101 Å². The minimum absolute atomic E-state index is 0.132. The minimum Gasteiger partial charge on any atom is -0.480 e. The van der Waals surface area contributed by atoms with Crippen LogP contribution in [0.25, 0.3) is 10.9 Å². The van der Waals surface area contributed by atoms with Crippen LogP contribution in [0.5, 0.6) is 0 Å². The van der Waals surface area contributed by atoms with Crippen LogP contribution in [0.15, 0.2) is 60.8 Å². The van der Waals surface area contributed by atoms with E-state index in [1.54, 1.807) is 0 Å². The smallest absolute Gasteiger partial charge is 0.326 e. The fourth-order valence-electron chi connectivity index (χ4n) is 5.51. The van der Waals surface area contributed by atoms with E-state index in [0.717, 1.165) is 22.0 Å². The zero-order chi connectivity index (χ0) is 25.2. The van der Waals surface area contributed by atoms with Crippen LogP contribution in [0.2, 0.25) is 0 Å². The molecule has 7 nitrogen and oxygen atoms in total. The Morgan fingerprint density at radius 1 is 1.11 bits per heavy atom. The van der Waals surface area contributed by atoms with Gasteiger partial charge < -0.3 is 15.0 Å². The molecular formula is C28H34N2O5. The van der Waals surface area contributed by atoms with E-state index in [1.165, 1.54) is 0 Å². The molecule has 0 aliphatic heterocycles. The van der Waals surface area contributed by atoms with Gasteiger partial charge in [-0.25, -0.2) is 9.68 Å². The van der Waals surface area contributed by atoms with Gasteiger partial charge in [-0.05, 0) is 40.9 Å². The average Bonchev–Trinajstić information content (AvgIpc) is 3.28. The maximum atomic E-state index is 13.3. The third kappa shape index (κ3) is 4.83. The lowest BCUT2D eigenvalue weighted by Crippen LogP contribution is -2.49. The van der Waals surface area contributed by atoms with Crippen LogP contribution in [0, 0.1) is 16.7 Å². The summed E-state index contributed by atoms with van der Waals surface area (Å²) in [6, 6.07) is 17.0. The predicted octanol–water partition coefficient (Wildman–Crippen LogP) is 4.73. The molecule has 3 N–H and O–H groups in total. The molecule has 0 radical (unpaired) electrons. The Morgan fingerprint density at radius 3 is 2.49 bits per heavy atom. The predicted molar refractivity (Wildman–Crippen MR) is 134 cm³/mol. The number of benzene rings is 2. The molecule has 1 aliphatic carbocycles. The van der Waals surface area contributed by atoms with E-state index in [2.05, 4.69) is 26.9 Å². The Hall–Kier alpha value is -3.16. The summed E-state index contributed by atoms with van der Waals surface area (Å²) >= 11 is 0. The van der Waals surface area contributed by atoms with Crippen molar-refractivity contribution in [2.24, 2.45) is 16.7 Å². The molecule has 1 aromatic heterocycles. The van der Waals surface area contributed by atoms with Crippen LogP contribution in [0.4, 0.5) is 0 Å². The van der Waals surface area contributed by atoms with E-state index in [4.69, 9.17) is 5.26 Å². The maximum Gasteiger partial charge on any atom is 0.326 e. The van der Waals surface area contributed by atoms with E-state index in [0.29, 0.717) is 19.4 Å². The van der Waals surface area contributed by atoms with Crippen molar-refractivity contribution in [3.63, 3.8) is 0 Å². The zero-order valence-electron chi connectivity index (χ0n) is 20.5. The van der Waals surface area contributed by atoms with Gasteiger partial charge in [0, 0.05) is 36.0 Å². The van der Waals surface area contributed by atoms with Crippen molar-refractivity contribution in [1.82, 2.24) is 9.88 Å². The van der Waals surface area contributed by atoms with Gasteiger partial charge >= 0.3 is 5.97 Å². The first kappa shape index (κ1) is 24.9. The highest BCUT2D eigenvalue weighted by Crippen LogP contribution is 2.56. The van der Waals surface area contributed by atoms with Crippen molar-refractivity contribution < 1.29 is 24.8 Å². The van der Waals surface area contributed by atoms with Gasteiger partial charge in [0.2, 0.25) is 5.91 Å². The fraction of sp³-hybridized carbons (Fsp3) is 0.429. The molecule has 4 rings (SSSR count). The molecule has 186 valence electrons. The van der Waals surface area contributed by atoms with Gasteiger partial charge in [0.05, 0.1) is 6.61 Å². The third-order valence-electron chi connectivity index (χ3n) is 8.22. The summed E-state index contributed by atoms with van der Waals surface area (Å²) in [6.45, 7) is 6.76. The Labute approximate surface area is 205 Å². The van der Waals surface area contributed by atoms with Crippen molar-refractivity contribution in [2.45, 2.75) is 52.6 Å². The van der Waals surface area contributed by atoms with E-state index in [9.17, 15) is 14.7 Å². The number of fused-ring (bicyclic) bond motifs is 1. The summed E-state index contributed by atoms with van der Waals surface area (Å²) in [7, 11) is 0. The van der Waals surface area contributed by atoms with E-state index in [1.807, 2.05) is 69.4 Å². The zero-order valence-corrected chi connectivity index (χ0v) is 20.5. The number of aromatic nitrogens is 1. The quantitative estimate of drug-likeness (QED) is 0.305. The number of nitrogens with zero attached hydrogens (tertiary/aromatic N) is 1. The lowest BCUT2D eigenvalue weighted by Gasteiger charge is -2.40. The number of rotatable bonds is 9. The molecule has 3 atom stereocenters. The number of carboxylic acids is 1. The largest absolute Gasteiger partial charge is 0.480 e. The van der Waals surface area contributed by atoms with Crippen LogP contribution < -0.4 is 5.32 Å². The van der Waals surface area contributed by atoms with Crippen LogP contribution in [0.3, 0.4) is 0 Å². The second-order valence-electron chi connectivity index (χ2n) is 10.5. The van der Waals surface area contributed by atoms with Crippen LogP contribution in [0.1, 0.15) is 44.7 Å². The molecule has 2 aromatic carbocycles. The van der Waals surface area contributed by atoms with E-state index in [-0.39, 0.29) is 30.3 Å². The number of nitrogens with one attached hydrogen (secondary N) is 1. The molecule has 1 amide bonds. The third-order valence-corrected chi connectivity index (χ3v) is 8.22. The van der Waals surface area contributed by atoms with E-state index >= 15 is 0 Å². The first-order chi connectivity index (χ1) is 16.7. The molecule has 0 saturated heterocycles. The Balaban J connectivity index is 1.56. The number of carboxylic acid groups (broad SMARTS) is 1. The lowest BCUT2D eigenvalue weighted by atomic mass is 9.66. The molecule has 0 unspecified atom stereocenters. The first-order valence-electron chi connectivity index (χ1n) is 12.1. The Bertz CT molecular complexity index is 1200. The molecule has 1 fully saturated rings. The summed E-state index contributed by atoms with van der Waals surface area (Å²) in [5, 5.41) is 22.8. The Kier molecular flexibility index (Phi) is 7.01. The highest BCUT2D eigenvalue weighted by atomic mass is 17.1. The number of hydrogen-bond donors (Lipinski definition) is 3. The van der Waals surface area contributed by atoms with Crippen LogP contribution in [-0.4, -0.2) is 39.5 Å². The van der Waals surface area contributed by atoms with Crippen LogP contribution >= 0.6 is 0 Å². The molecule has 0 bridgehead atoms. The molecule has 35 heavy (non-hydrogen) atoms. The van der Waals surface area contributed by atoms with Gasteiger partial charge in [-0.2, -0.15) is 0 Å². The highest BCUT2D eigenvalue weighted by molar-refractivity contribution is 5.88. The SMILES string of the molecule is CC1(C)[C@@H](C(=O)N[C@@H](Cc2cn(Cc3ccccc3)c3ccccc23)C(=O)O)CC[C@@]1(C)COO. The number of amides is 1. The maximum absolute atomic E-state index is 13.3. The summed E-state index contributed by atoms with van der Waals surface area (Å²) < 4.78 is 2.13. The first-order valence-corrected chi connectivity index (χ1v) is 12.1. The minimum atomic E-state index is -1.06. The lowest BCUT2D eigenvalue weighted by molar-refractivity contribution is -0.269. The number of carbonyl (C=O) groups is 2. The van der Waals surface area contributed by atoms with Gasteiger partial charge in [-0.1, -0.05) is 69.3 Å². The van der Waals surface area contributed by atoms with E-state index < -0.39 is 17.4 Å². The molecule has 3 aromatic rings. The Morgan fingerprint density at radius 2 is 1.80 bits per heavy atom. The normalized spacial score (nSPS) is 22.2. The molecule has 7 heteroatoms. The average molecular weight is 479 g/mol. The van der Waals surface area contributed by atoms with Gasteiger partial charge in [-0.15, -0.1) is 0 Å². The van der Waals surface area contributed by atoms with Crippen molar-refractivity contribution in [3.05, 3.63) is 71.9 Å². The van der Waals surface area contributed by atoms with Crippen molar-refractivity contribution >= 4 is 22.8 Å².